The molecule has 1 aliphatic heterocycles. The number of nitrogens with zero attached hydrogens (tertiary/aromatic N) is 4. The van der Waals surface area contributed by atoms with Crippen LogP contribution in [0.3, 0.4) is 0 Å². The van der Waals surface area contributed by atoms with Gasteiger partial charge in [-0.15, -0.1) is 0 Å². The topological polar surface area (TPSA) is 76.5 Å². The number of carbonyl (C=O) groups excluding carboxylic acids is 1. The van der Waals surface area contributed by atoms with Crippen LogP contribution in [0.4, 0.5) is 24.7 Å². The second-order valence-corrected chi connectivity index (χ2v) is 8.46. The molecule has 0 saturated carbocycles. The van der Waals surface area contributed by atoms with E-state index in [9.17, 15) is 18.0 Å². The number of amides is 1. The maximum Gasteiger partial charge on any atom is 0.393 e. The third-order valence-electron chi connectivity index (χ3n) is 6.09. The molecule has 2 N–H and O–H groups in total. The fraction of sp³-hybridized carbons (Fsp3) is 0.240. The van der Waals surface area contributed by atoms with Crippen molar-refractivity contribution in [2.75, 3.05) is 17.2 Å². The van der Waals surface area contributed by atoms with Gasteiger partial charge < -0.3 is 10.6 Å². The van der Waals surface area contributed by atoms with Crippen molar-refractivity contribution in [3.63, 3.8) is 0 Å². The second kappa shape index (κ2) is 8.16. The first-order chi connectivity index (χ1) is 16.2. The predicted octanol–water partition coefficient (Wildman–Crippen LogP) is 4.52. The van der Waals surface area contributed by atoms with E-state index in [1.165, 1.54) is 12.1 Å². The highest BCUT2D eigenvalue weighted by atomic mass is 19.4. The minimum absolute atomic E-state index is 0.0909. The van der Waals surface area contributed by atoms with Crippen LogP contribution in [0.1, 0.15) is 22.5 Å². The Morgan fingerprint density at radius 1 is 1.12 bits per heavy atom. The van der Waals surface area contributed by atoms with Crippen molar-refractivity contribution in [3.05, 3.63) is 77.4 Å². The first-order valence-electron chi connectivity index (χ1n) is 10.9. The number of hydrogen-bond acceptors (Lipinski definition) is 4. The van der Waals surface area contributed by atoms with E-state index in [4.69, 9.17) is 5.73 Å². The van der Waals surface area contributed by atoms with Gasteiger partial charge in [-0.1, -0.05) is 30.3 Å². The maximum atomic E-state index is 13.0. The highest BCUT2D eigenvalue weighted by molar-refractivity contribution is 5.97. The number of benzene rings is 2. The van der Waals surface area contributed by atoms with Gasteiger partial charge in [0.15, 0.2) is 0 Å². The van der Waals surface area contributed by atoms with E-state index < -0.39 is 12.6 Å². The van der Waals surface area contributed by atoms with Gasteiger partial charge >= 0.3 is 6.18 Å². The molecule has 0 unspecified atom stereocenters. The summed E-state index contributed by atoms with van der Waals surface area (Å²) >= 11 is 0. The van der Waals surface area contributed by atoms with Crippen molar-refractivity contribution >= 4 is 22.9 Å². The Bertz CT molecular complexity index is 1390. The highest BCUT2D eigenvalue weighted by Crippen LogP contribution is 2.35. The van der Waals surface area contributed by atoms with E-state index in [0.717, 1.165) is 33.8 Å². The normalized spacial score (nSPS) is 13.5. The van der Waals surface area contributed by atoms with Gasteiger partial charge in [0.25, 0.3) is 0 Å². The van der Waals surface area contributed by atoms with Crippen molar-refractivity contribution in [3.8, 4) is 11.3 Å². The molecule has 0 atom stereocenters. The zero-order valence-corrected chi connectivity index (χ0v) is 18.4. The number of aryl methyl sites for hydroxylation is 1. The second-order valence-electron chi connectivity index (χ2n) is 8.46. The number of hydrogen-bond donors (Lipinski definition) is 1. The van der Waals surface area contributed by atoms with Gasteiger partial charge in [0.1, 0.15) is 22.9 Å². The molecule has 5 rings (SSSR count). The van der Waals surface area contributed by atoms with Gasteiger partial charge in [-0.05, 0) is 42.2 Å². The third-order valence-corrected chi connectivity index (χ3v) is 6.09. The number of aromatic nitrogens is 3. The van der Waals surface area contributed by atoms with Crippen molar-refractivity contribution in [1.82, 2.24) is 14.4 Å². The molecular weight excluding hydrogens is 443 g/mol. The number of nitrogen functional groups attached to an aromatic ring is 1. The molecule has 2 aromatic carbocycles. The average molecular weight is 465 g/mol. The summed E-state index contributed by atoms with van der Waals surface area (Å²) in [5.74, 6) is 1.11. The molecular formula is C25H22F3N5O. The number of imidazole rings is 1. The summed E-state index contributed by atoms with van der Waals surface area (Å²) in [6.07, 6.45) is -0.939. The molecule has 6 nitrogen and oxygen atoms in total. The van der Waals surface area contributed by atoms with E-state index in [2.05, 4.69) is 9.97 Å². The summed E-state index contributed by atoms with van der Waals surface area (Å²) < 4.78 is 39.6. The van der Waals surface area contributed by atoms with Crippen LogP contribution in [0.5, 0.6) is 0 Å². The number of fused-ring (bicyclic) bond motifs is 2. The lowest BCUT2D eigenvalue weighted by atomic mass is 10.0. The number of nitrogens with two attached hydrogens (primary N) is 1. The van der Waals surface area contributed by atoms with Crippen molar-refractivity contribution in [2.24, 2.45) is 0 Å². The Morgan fingerprint density at radius 2 is 1.85 bits per heavy atom. The number of anilines is 2. The van der Waals surface area contributed by atoms with Gasteiger partial charge in [-0.3, -0.25) is 9.20 Å². The molecule has 174 valence electrons. The highest BCUT2D eigenvalue weighted by Gasteiger charge is 2.28. The SMILES string of the molecule is Cc1nc(-c2ccc3c(c2)CCN3C(=O)Cc2ccc(CC(F)(F)F)cc2)c2c(N)nccn12. The molecule has 3 heterocycles. The summed E-state index contributed by atoms with van der Waals surface area (Å²) in [6.45, 7) is 2.45. The zero-order chi connectivity index (χ0) is 24.0. The first kappa shape index (κ1) is 21.9. The summed E-state index contributed by atoms with van der Waals surface area (Å²) in [5, 5.41) is 0. The molecule has 0 bridgehead atoms. The Morgan fingerprint density at radius 3 is 2.59 bits per heavy atom. The molecule has 34 heavy (non-hydrogen) atoms. The van der Waals surface area contributed by atoms with Crippen LogP contribution in [0.2, 0.25) is 0 Å². The predicted molar refractivity (Wildman–Crippen MR) is 124 cm³/mol. The molecule has 0 fully saturated rings. The monoisotopic (exact) mass is 465 g/mol. The van der Waals surface area contributed by atoms with Crippen molar-refractivity contribution < 1.29 is 18.0 Å². The number of halogens is 3. The lowest BCUT2D eigenvalue weighted by Gasteiger charge is -2.18. The van der Waals surface area contributed by atoms with Gasteiger partial charge in [-0.2, -0.15) is 13.2 Å². The third kappa shape index (κ3) is 4.09. The Hall–Kier alpha value is -3.88. The minimum atomic E-state index is -4.25. The maximum absolute atomic E-state index is 13.0. The van der Waals surface area contributed by atoms with E-state index in [1.807, 2.05) is 35.7 Å². The van der Waals surface area contributed by atoms with E-state index in [-0.39, 0.29) is 17.9 Å². The smallest absolute Gasteiger partial charge is 0.382 e. The van der Waals surface area contributed by atoms with Crippen LogP contribution in [-0.2, 0) is 24.1 Å². The van der Waals surface area contributed by atoms with Crippen LogP contribution in [0.15, 0.2) is 54.9 Å². The van der Waals surface area contributed by atoms with E-state index >= 15 is 0 Å². The van der Waals surface area contributed by atoms with Crippen LogP contribution in [0, 0.1) is 6.92 Å². The summed E-state index contributed by atoms with van der Waals surface area (Å²) in [6, 6.07) is 11.9. The van der Waals surface area contributed by atoms with Crippen molar-refractivity contribution in [1.29, 1.82) is 0 Å². The van der Waals surface area contributed by atoms with E-state index in [0.29, 0.717) is 24.3 Å². The first-order valence-corrected chi connectivity index (χ1v) is 10.9. The van der Waals surface area contributed by atoms with Crippen LogP contribution in [0.25, 0.3) is 16.8 Å². The largest absolute Gasteiger partial charge is 0.393 e. The van der Waals surface area contributed by atoms with Crippen LogP contribution < -0.4 is 10.6 Å². The molecule has 0 saturated heterocycles. The molecule has 1 aliphatic rings. The molecule has 2 aromatic heterocycles. The fourth-order valence-electron chi connectivity index (χ4n) is 4.50. The lowest BCUT2D eigenvalue weighted by Crippen LogP contribution is -2.30. The van der Waals surface area contributed by atoms with E-state index in [1.54, 1.807) is 23.2 Å². The number of carbonyl (C=O) groups is 1. The minimum Gasteiger partial charge on any atom is -0.382 e. The Kier molecular flexibility index (Phi) is 5.27. The van der Waals surface area contributed by atoms with Gasteiger partial charge in [-0.25, -0.2) is 9.97 Å². The van der Waals surface area contributed by atoms with Crippen LogP contribution >= 0.6 is 0 Å². The van der Waals surface area contributed by atoms with Crippen LogP contribution in [-0.4, -0.2) is 33.0 Å². The Balaban J connectivity index is 1.36. The molecule has 0 spiro atoms. The van der Waals surface area contributed by atoms with Crippen molar-refractivity contribution in [2.45, 2.75) is 32.4 Å². The lowest BCUT2D eigenvalue weighted by molar-refractivity contribution is -0.127. The molecule has 0 radical (unpaired) electrons. The fourth-order valence-corrected chi connectivity index (χ4v) is 4.50. The summed E-state index contributed by atoms with van der Waals surface area (Å²) in [5.41, 5.74) is 11.3. The Labute approximate surface area is 193 Å². The quantitative estimate of drug-likeness (QED) is 0.481. The molecule has 9 heteroatoms. The van der Waals surface area contributed by atoms with Gasteiger partial charge in [0, 0.05) is 30.2 Å². The number of rotatable bonds is 4. The number of alkyl halides is 3. The van der Waals surface area contributed by atoms with Gasteiger partial charge in [0.2, 0.25) is 5.91 Å². The summed E-state index contributed by atoms with van der Waals surface area (Å²) in [7, 11) is 0. The molecule has 1 amide bonds. The average Bonchev–Trinajstić information content (AvgIpc) is 3.36. The zero-order valence-electron chi connectivity index (χ0n) is 18.4. The molecule has 0 aliphatic carbocycles. The standard InChI is InChI=1S/C25H22F3N5O/c1-15-31-22(23-24(29)30-9-11-32(15)23)19-6-7-20-18(13-19)8-10-33(20)21(34)12-16-2-4-17(5-3-16)14-25(26,27)28/h2-7,9,11,13H,8,10,12,14H2,1H3,(H2,29,30). The summed E-state index contributed by atoms with van der Waals surface area (Å²) in [4.78, 5) is 23.6. The van der Waals surface area contributed by atoms with Gasteiger partial charge in [0.05, 0.1) is 12.8 Å². The molecule has 4 aromatic rings.